The Morgan fingerprint density at radius 2 is 1.86 bits per heavy atom. The molecule has 0 radical (unpaired) electrons. The number of carbonyl (C=O) groups is 4. The first-order chi connectivity index (χ1) is 16.4. The summed E-state index contributed by atoms with van der Waals surface area (Å²) >= 11 is 0. The van der Waals surface area contributed by atoms with E-state index in [1.165, 1.54) is 12.5 Å². The molecule has 7 nitrogen and oxygen atoms in total. The van der Waals surface area contributed by atoms with Gasteiger partial charge in [0.25, 0.3) is 0 Å². The number of hydrogen-bond acceptors (Lipinski definition) is 6. The second-order valence-corrected chi connectivity index (χ2v) is 10.8. The Bertz CT molecular complexity index is 875. The number of ether oxygens (including phenoxy) is 1. The lowest BCUT2D eigenvalue weighted by Gasteiger charge is -2.60. The van der Waals surface area contributed by atoms with Crippen molar-refractivity contribution in [2.24, 2.45) is 40.4 Å². The van der Waals surface area contributed by atoms with E-state index in [2.05, 4.69) is 20.8 Å². The van der Waals surface area contributed by atoms with Gasteiger partial charge in [-0.25, -0.2) is 0 Å². The van der Waals surface area contributed by atoms with E-state index in [0.717, 1.165) is 25.5 Å². The van der Waals surface area contributed by atoms with E-state index in [4.69, 9.17) is 14.6 Å². The number of carbonyl (C=O) groups excluding carboxylic acids is 3. The van der Waals surface area contributed by atoms with Gasteiger partial charge < -0.3 is 19.7 Å². The Hall–Kier alpha value is -2.12. The molecule has 0 aromatic rings. The van der Waals surface area contributed by atoms with Crippen LogP contribution in [0.4, 0.5) is 0 Å². The van der Waals surface area contributed by atoms with Gasteiger partial charge in [0.1, 0.15) is 12.9 Å². The summed E-state index contributed by atoms with van der Waals surface area (Å²) in [6.45, 7) is 9.85. The number of aliphatic hydroxyl groups excluding tert-OH is 1. The molecule has 35 heavy (non-hydrogen) atoms. The maximum Gasteiger partial charge on any atom is 0.303 e. The Kier molecular flexibility index (Phi) is 9.77. The molecule has 7 heteroatoms. The zero-order chi connectivity index (χ0) is 26.6. The van der Waals surface area contributed by atoms with Gasteiger partial charge in [-0.3, -0.25) is 14.4 Å². The largest absolute Gasteiger partial charge is 0.481 e. The molecule has 0 bridgehead atoms. The van der Waals surface area contributed by atoms with E-state index in [1.54, 1.807) is 26.2 Å². The first-order valence-corrected chi connectivity index (χ1v) is 12.7. The van der Waals surface area contributed by atoms with E-state index in [9.17, 15) is 19.5 Å². The highest BCUT2D eigenvalue weighted by Gasteiger charge is 2.63. The van der Waals surface area contributed by atoms with Crippen molar-refractivity contribution in [2.75, 3.05) is 13.7 Å². The van der Waals surface area contributed by atoms with Crippen molar-refractivity contribution < 1.29 is 34.1 Å². The number of ketones is 2. The van der Waals surface area contributed by atoms with Crippen molar-refractivity contribution in [1.29, 1.82) is 0 Å². The van der Waals surface area contributed by atoms with Crippen LogP contribution < -0.4 is 0 Å². The van der Waals surface area contributed by atoms with Crippen molar-refractivity contribution in [2.45, 2.75) is 72.8 Å². The minimum absolute atomic E-state index is 0.0124. The highest BCUT2D eigenvalue weighted by Crippen LogP contribution is 2.66. The van der Waals surface area contributed by atoms with Crippen molar-refractivity contribution >= 4 is 23.8 Å². The van der Waals surface area contributed by atoms with Gasteiger partial charge in [-0.15, -0.1) is 0 Å². The smallest absolute Gasteiger partial charge is 0.303 e. The number of carboxylic acid groups (broad SMARTS) is 1. The molecule has 0 saturated heterocycles. The summed E-state index contributed by atoms with van der Waals surface area (Å²) in [5.74, 6) is 0.775. The van der Waals surface area contributed by atoms with Gasteiger partial charge in [-0.05, 0) is 67.9 Å². The van der Waals surface area contributed by atoms with Gasteiger partial charge in [-0.2, -0.15) is 0 Å². The molecule has 0 spiro atoms. The number of allylic oxidation sites excluding steroid dienone is 4. The first kappa shape index (κ1) is 29.1. The molecule has 0 aliphatic heterocycles. The lowest BCUT2D eigenvalue weighted by Crippen LogP contribution is -2.57. The SMILES string of the molecule is CC=O.CCC(=O)O.COCC(=O)C1CC[C@H]2C3C[C@H](C)C4=CC(=O)C=CC4(C)[C@H]3C(O)CC12C. The van der Waals surface area contributed by atoms with Crippen molar-refractivity contribution in [3.8, 4) is 0 Å². The molecular formula is C28H42O7. The molecule has 2 N–H and O–H groups in total. The number of aliphatic carboxylic acids is 1. The van der Waals surface area contributed by atoms with Crippen LogP contribution in [0.15, 0.2) is 23.8 Å². The fraction of sp³-hybridized carbons (Fsp3) is 0.714. The standard InChI is InChI=1S/C23H32O4.C3H6O2.C2H4O/c1-13-9-15-16-5-6-17(20(26)12-27-4)23(16,3)11-19(25)21(15)22(2)8-7-14(24)10-18(13)22;1-2-3(4)5;1-2-3/h7-8,10,13,15-17,19,21,25H,5-6,9,11-12H2,1-4H3;2H2,1H3,(H,4,5);2H,1H3/t13-,15?,16-,17?,19?,21+,22?,23?;;/m0../s1. The summed E-state index contributed by atoms with van der Waals surface area (Å²) in [7, 11) is 1.58. The Morgan fingerprint density at radius 1 is 1.26 bits per heavy atom. The summed E-state index contributed by atoms with van der Waals surface area (Å²) in [5.41, 5.74) is 0.775. The number of aliphatic hydroxyl groups is 1. The van der Waals surface area contributed by atoms with Gasteiger partial charge in [0.2, 0.25) is 0 Å². The second-order valence-electron chi connectivity index (χ2n) is 10.8. The van der Waals surface area contributed by atoms with E-state index >= 15 is 0 Å². The summed E-state index contributed by atoms with van der Waals surface area (Å²) in [6, 6.07) is 0. The average Bonchev–Trinajstić information content (AvgIpc) is 3.12. The molecule has 4 aliphatic carbocycles. The Labute approximate surface area is 209 Å². The third-order valence-electron chi connectivity index (χ3n) is 8.79. The van der Waals surface area contributed by atoms with Crippen molar-refractivity contribution in [3.05, 3.63) is 23.8 Å². The molecule has 0 aromatic carbocycles. The molecule has 4 rings (SSSR count). The fourth-order valence-corrected chi connectivity index (χ4v) is 7.52. The second kappa shape index (κ2) is 11.7. The quantitative estimate of drug-likeness (QED) is 0.571. The molecule has 3 saturated carbocycles. The highest BCUT2D eigenvalue weighted by atomic mass is 16.5. The van der Waals surface area contributed by atoms with Crippen LogP contribution in [0.1, 0.15) is 66.7 Å². The summed E-state index contributed by atoms with van der Waals surface area (Å²) in [4.78, 5) is 42.9. The molecule has 0 amide bonds. The minimum Gasteiger partial charge on any atom is -0.481 e. The number of hydrogen-bond donors (Lipinski definition) is 2. The fourth-order valence-electron chi connectivity index (χ4n) is 7.52. The Morgan fingerprint density at radius 3 is 2.40 bits per heavy atom. The summed E-state index contributed by atoms with van der Waals surface area (Å²) in [6.07, 6.45) is 9.67. The van der Waals surface area contributed by atoms with Crippen molar-refractivity contribution in [1.82, 2.24) is 0 Å². The predicted octanol–water partition coefficient (Wildman–Crippen LogP) is 4.03. The predicted molar refractivity (Wildman–Crippen MR) is 133 cm³/mol. The summed E-state index contributed by atoms with van der Waals surface area (Å²) in [5, 5.41) is 19.0. The van der Waals surface area contributed by atoms with Gasteiger partial charge in [-0.1, -0.05) is 39.3 Å². The Balaban J connectivity index is 0.000000473. The van der Waals surface area contributed by atoms with E-state index in [0.29, 0.717) is 24.2 Å². The average molecular weight is 491 g/mol. The van der Waals surface area contributed by atoms with E-state index in [1.807, 2.05) is 6.08 Å². The number of methoxy groups -OCH3 is 1. The van der Waals surface area contributed by atoms with Crippen LogP contribution in [0.5, 0.6) is 0 Å². The third kappa shape index (κ3) is 5.67. The zero-order valence-corrected chi connectivity index (χ0v) is 22.0. The molecule has 0 heterocycles. The molecule has 0 aromatic heterocycles. The minimum atomic E-state index is -0.745. The number of Topliss-reactive ketones (excluding diaryl/α,β-unsaturated/α-hetero) is 1. The van der Waals surface area contributed by atoms with Gasteiger partial charge in [0.05, 0.1) is 6.10 Å². The van der Waals surface area contributed by atoms with Crippen LogP contribution in [0, 0.1) is 40.4 Å². The van der Waals surface area contributed by atoms with Crippen molar-refractivity contribution in [3.63, 3.8) is 0 Å². The number of fused-ring (bicyclic) bond motifs is 5. The number of aldehydes is 1. The van der Waals surface area contributed by atoms with Gasteiger partial charge in [0.15, 0.2) is 11.6 Å². The number of rotatable bonds is 4. The third-order valence-corrected chi connectivity index (χ3v) is 8.79. The van der Waals surface area contributed by atoms with Crippen LogP contribution >= 0.6 is 0 Å². The molecular weight excluding hydrogens is 448 g/mol. The monoisotopic (exact) mass is 490 g/mol. The molecule has 5 unspecified atom stereocenters. The highest BCUT2D eigenvalue weighted by molar-refractivity contribution is 6.01. The lowest BCUT2D eigenvalue weighted by molar-refractivity contribution is -0.143. The van der Waals surface area contributed by atoms with E-state index < -0.39 is 12.1 Å². The van der Waals surface area contributed by atoms with Crippen LogP contribution in [0.25, 0.3) is 0 Å². The van der Waals surface area contributed by atoms with Gasteiger partial charge in [0, 0.05) is 30.8 Å². The number of carboxylic acids is 1. The maximum absolute atomic E-state index is 12.7. The first-order valence-electron chi connectivity index (χ1n) is 12.7. The van der Waals surface area contributed by atoms with Gasteiger partial charge >= 0.3 is 5.97 Å². The maximum atomic E-state index is 12.7. The van der Waals surface area contributed by atoms with E-state index in [-0.39, 0.29) is 47.3 Å². The lowest BCUT2D eigenvalue weighted by atomic mass is 9.45. The van der Waals surface area contributed by atoms with Crippen LogP contribution in [0.2, 0.25) is 0 Å². The normalized spacial score (nSPS) is 38.8. The molecule has 8 atom stereocenters. The topological polar surface area (TPSA) is 118 Å². The van der Waals surface area contributed by atoms with Crippen LogP contribution in [0.3, 0.4) is 0 Å². The molecule has 4 aliphatic rings. The zero-order valence-electron chi connectivity index (χ0n) is 22.0. The van der Waals surface area contributed by atoms with Crippen LogP contribution in [-0.4, -0.2) is 53.9 Å². The van der Waals surface area contributed by atoms with Crippen LogP contribution in [-0.2, 0) is 23.9 Å². The summed E-state index contributed by atoms with van der Waals surface area (Å²) < 4.78 is 5.13. The molecule has 3 fully saturated rings. The molecule has 196 valence electrons.